The van der Waals surface area contributed by atoms with E-state index in [1.807, 2.05) is 72.8 Å². The maximum Gasteiger partial charge on any atom is 0.123 e. The third kappa shape index (κ3) is 4.87. The fourth-order valence-corrected chi connectivity index (χ4v) is 13.7. The molecule has 3 aliphatic carbocycles. The normalized spacial score (nSPS) is 25.2. The molecule has 12 rings (SSSR count). The summed E-state index contributed by atoms with van der Waals surface area (Å²) >= 11 is 0. The molecule has 0 spiro atoms. The smallest absolute Gasteiger partial charge is 0.123 e. The molecule has 6 nitrogen and oxygen atoms in total. The van der Waals surface area contributed by atoms with Crippen molar-refractivity contribution in [2.75, 3.05) is 0 Å². The third-order valence-electron chi connectivity index (χ3n) is 16.0. The molecule has 0 amide bonds. The molecule has 62 heavy (non-hydrogen) atoms. The molecule has 3 aliphatic heterocycles. The molecule has 0 N–H and O–H groups in total. The standard InChI is InChI=1S/C56H54O6/c1-5-17-54-47-20-35-29-57-41-11-8-12-42(26-41)58-30-36-21-48(54)50-23-38(36)32-60-44-14-10-16-46(28-44)62-34-40-25-52-51-24-39(40)33-61-45-15-9-13-43(27-45)59-31-37(35)22-49(47)55(51,18-6-2)53(54,4)56(50,52)19-7-3/h8-16,20-28H,5-7,17-19,29-34H2,1-4H3. The summed E-state index contributed by atoms with van der Waals surface area (Å²) in [5.74, 6) is 4.67. The molecule has 0 atom stereocenters. The molecule has 0 saturated carbocycles. The van der Waals surface area contributed by atoms with Gasteiger partial charge in [0.1, 0.15) is 74.1 Å². The van der Waals surface area contributed by atoms with Crippen molar-refractivity contribution in [3.05, 3.63) is 176 Å². The van der Waals surface area contributed by atoms with E-state index >= 15 is 0 Å². The van der Waals surface area contributed by atoms with Gasteiger partial charge in [-0.15, -0.1) is 0 Å². The van der Waals surface area contributed by atoms with Gasteiger partial charge in [0.25, 0.3) is 0 Å². The highest BCUT2D eigenvalue weighted by Crippen LogP contribution is 2.85. The second kappa shape index (κ2) is 13.8. The van der Waals surface area contributed by atoms with E-state index in [4.69, 9.17) is 28.4 Å². The molecule has 0 unspecified atom stereocenters. The maximum atomic E-state index is 6.77. The molecule has 0 aromatic heterocycles. The first-order valence-electron chi connectivity index (χ1n) is 22.9. The van der Waals surface area contributed by atoms with Crippen LogP contribution in [-0.2, 0) is 55.9 Å². The van der Waals surface area contributed by atoms with Crippen molar-refractivity contribution < 1.29 is 28.4 Å². The first-order valence-corrected chi connectivity index (χ1v) is 22.9. The van der Waals surface area contributed by atoms with E-state index in [1.54, 1.807) is 0 Å². The zero-order chi connectivity index (χ0) is 41.8. The predicted molar refractivity (Wildman–Crippen MR) is 240 cm³/mol. The van der Waals surface area contributed by atoms with E-state index in [-0.39, 0.29) is 21.7 Å². The van der Waals surface area contributed by atoms with Gasteiger partial charge >= 0.3 is 0 Å². The number of hydrogen-bond acceptors (Lipinski definition) is 6. The SMILES string of the molecule is CCCC12c3cc4c5cc3C3(CCC)c6cc(c7cc6C(CCC)(c6cc(c(cc61)COc1cccc(c1)OC4)COc1cccc(c1)OC7)C23C)COc1cccc(c1)OC5. The van der Waals surface area contributed by atoms with Crippen LogP contribution in [0.15, 0.2) is 109 Å². The second-order valence-corrected chi connectivity index (χ2v) is 18.7. The number of ether oxygens (including phenoxy) is 6. The largest absolute Gasteiger partial charge is 0.489 e. The zero-order valence-electron chi connectivity index (χ0n) is 36.3. The lowest BCUT2D eigenvalue weighted by Crippen LogP contribution is -2.54. The number of rotatable bonds is 6. The Morgan fingerprint density at radius 3 is 0.742 bits per heavy atom. The minimum atomic E-state index is -0.328. The van der Waals surface area contributed by atoms with E-state index in [0.29, 0.717) is 39.6 Å². The summed E-state index contributed by atoms with van der Waals surface area (Å²) in [6, 6.07) is 39.7. The Morgan fingerprint density at radius 2 is 0.548 bits per heavy atom. The summed E-state index contributed by atoms with van der Waals surface area (Å²) in [7, 11) is 0. The first-order chi connectivity index (χ1) is 30.4. The summed E-state index contributed by atoms with van der Waals surface area (Å²) in [4.78, 5) is 0. The molecule has 0 radical (unpaired) electrons. The van der Waals surface area contributed by atoms with Crippen molar-refractivity contribution in [2.24, 2.45) is 5.41 Å². The third-order valence-corrected chi connectivity index (χ3v) is 16.0. The van der Waals surface area contributed by atoms with Gasteiger partial charge in [0, 0.05) is 39.9 Å². The van der Waals surface area contributed by atoms with Crippen LogP contribution >= 0.6 is 0 Å². The molecule has 18 bridgehead atoms. The molecule has 0 saturated heterocycles. The Morgan fingerprint density at radius 1 is 0.339 bits per heavy atom. The minimum Gasteiger partial charge on any atom is -0.489 e. The van der Waals surface area contributed by atoms with Crippen molar-refractivity contribution in [3.8, 4) is 34.5 Å². The minimum absolute atomic E-state index is 0.279. The van der Waals surface area contributed by atoms with Crippen LogP contribution in [0.25, 0.3) is 0 Å². The Labute approximate surface area is 365 Å². The Kier molecular flexibility index (Phi) is 8.43. The van der Waals surface area contributed by atoms with Gasteiger partial charge in [-0.25, -0.2) is 0 Å². The monoisotopic (exact) mass is 822 g/mol. The topological polar surface area (TPSA) is 55.4 Å². The van der Waals surface area contributed by atoms with Gasteiger partial charge in [0.05, 0.1) is 0 Å². The van der Waals surface area contributed by atoms with Crippen molar-refractivity contribution in [1.82, 2.24) is 0 Å². The highest BCUT2D eigenvalue weighted by molar-refractivity contribution is 5.79. The van der Waals surface area contributed by atoms with Gasteiger partial charge in [-0.2, -0.15) is 0 Å². The Balaban J connectivity index is 1.27. The lowest BCUT2D eigenvalue weighted by molar-refractivity contribution is 0.0539. The highest BCUT2D eigenvalue weighted by atomic mass is 16.5. The molecule has 6 aliphatic rings. The van der Waals surface area contributed by atoms with Gasteiger partial charge in [0.2, 0.25) is 0 Å². The van der Waals surface area contributed by atoms with E-state index in [1.165, 1.54) is 33.4 Å². The van der Waals surface area contributed by atoms with Crippen LogP contribution < -0.4 is 28.4 Å². The number of benzene rings is 6. The van der Waals surface area contributed by atoms with Crippen LogP contribution in [0.1, 0.15) is 133 Å². The fourth-order valence-electron chi connectivity index (χ4n) is 13.7. The van der Waals surface area contributed by atoms with Gasteiger partial charge in [-0.3, -0.25) is 0 Å². The van der Waals surface area contributed by atoms with Crippen LogP contribution in [0.4, 0.5) is 0 Å². The first kappa shape index (κ1) is 37.8. The average Bonchev–Trinajstić information content (AvgIpc) is 3.68. The molecule has 314 valence electrons. The summed E-state index contributed by atoms with van der Waals surface area (Å²) in [6.45, 7) is 12.4. The summed E-state index contributed by atoms with van der Waals surface area (Å²) < 4.78 is 40.6. The van der Waals surface area contributed by atoms with Crippen LogP contribution in [0.3, 0.4) is 0 Å². The van der Waals surface area contributed by atoms with Crippen LogP contribution in [-0.4, -0.2) is 0 Å². The van der Waals surface area contributed by atoms with Crippen molar-refractivity contribution in [1.29, 1.82) is 0 Å². The van der Waals surface area contributed by atoms with Gasteiger partial charge < -0.3 is 28.4 Å². The molecular weight excluding hydrogens is 769 g/mol. The predicted octanol–water partition coefficient (Wildman–Crippen LogP) is 12.7. The van der Waals surface area contributed by atoms with E-state index < -0.39 is 0 Å². The second-order valence-electron chi connectivity index (χ2n) is 18.7. The van der Waals surface area contributed by atoms with E-state index in [9.17, 15) is 0 Å². The fraction of sp³-hybridized carbons (Fsp3) is 0.357. The van der Waals surface area contributed by atoms with Crippen LogP contribution in [0.2, 0.25) is 0 Å². The number of fused-ring (bicyclic) bond motifs is 15. The van der Waals surface area contributed by atoms with E-state index in [0.717, 1.165) is 106 Å². The maximum absolute atomic E-state index is 6.77. The molecule has 6 heteroatoms. The quantitative estimate of drug-likeness (QED) is 0.167. The van der Waals surface area contributed by atoms with Crippen molar-refractivity contribution >= 4 is 0 Å². The van der Waals surface area contributed by atoms with E-state index in [2.05, 4.69) is 64.1 Å². The average molecular weight is 823 g/mol. The van der Waals surface area contributed by atoms with Gasteiger partial charge in [-0.1, -0.05) is 102 Å². The van der Waals surface area contributed by atoms with Gasteiger partial charge in [-0.05, 0) is 122 Å². The summed E-state index contributed by atoms with van der Waals surface area (Å²) in [5.41, 5.74) is 14.4. The molecule has 6 aromatic carbocycles. The van der Waals surface area contributed by atoms with Gasteiger partial charge in [0.15, 0.2) is 0 Å². The zero-order valence-corrected chi connectivity index (χ0v) is 36.3. The summed E-state index contributed by atoms with van der Waals surface area (Å²) in [5, 5.41) is 0. The van der Waals surface area contributed by atoms with Crippen molar-refractivity contribution in [2.45, 2.75) is 122 Å². The Hall–Kier alpha value is -5.88. The lowest BCUT2D eigenvalue weighted by atomic mass is 9.48. The number of hydrogen-bond donors (Lipinski definition) is 0. The molecular formula is C56H54O6. The lowest BCUT2D eigenvalue weighted by Gasteiger charge is -2.53. The van der Waals surface area contributed by atoms with Crippen LogP contribution in [0, 0.1) is 5.41 Å². The van der Waals surface area contributed by atoms with Crippen molar-refractivity contribution in [3.63, 3.8) is 0 Å². The molecule has 6 aromatic rings. The highest BCUT2D eigenvalue weighted by Gasteiger charge is 2.82. The molecule has 3 heterocycles. The van der Waals surface area contributed by atoms with Crippen LogP contribution in [0.5, 0.6) is 34.5 Å². The summed E-state index contributed by atoms with van der Waals surface area (Å²) in [6.07, 6.45) is 6.17. The Bertz CT molecular complexity index is 2350. The molecule has 0 fully saturated rings.